The number of hydrogen-bond acceptors (Lipinski definition) is 6. The molecule has 4 rings (SSSR count). The normalized spacial score (nSPS) is 11.7. The Kier molecular flexibility index (Phi) is 7.39. The van der Waals surface area contributed by atoms with E-state index in [0.717, 1.165) is 0 Å². The molecule has 0 spiro atoms. The lowest BCUT2D eigenvalue weighted by Gasteiger charge is -2.19. The zero-order chi connectivity index (χ0) is 27.1. The van der Waals surface area contributed by atoms with E-state index in [-0.39, 0.29) is 40.3 Å². The molecule has 2 aromatic heterocycles. The van der Waals surface area contributed by atoms with Gasteiger partial charge in [0.1, 0.15) is 17.0 Å². The Bertz CT molecular complexity index is 1830. The fourth-order valence-electron chi connectivity index (χ4n) is 3.95. The van der Waals surface area contributed by atoms with Gasteiger partial charge in [-0.05, 0) is 72.3 Å². The van der Waals surface area contributed by atoms with Crippen LogP contribution in [0.3, 0.4) is 0 Å². The lowest BCUT2D eigenvalue weighted by atomic mass is 10.1. The molecule has 10 nitrogen and oxygen atoms in total. The first-order valence-corrected chi connectivity index (χ1v) is 13.8. The number of nitrogens with zero attached hydrogens (tertiary/aromatic N) is 2. The fourth-order valence-corrected chi connectivity index (χ4v) is 4.99. The van der Waals surface area contributed by atoms with Gasteiger partial charge in [0.15, 0.2) is 0 Å². The SMILES string of the molecule is CCS(=O)(=O)NCc1cccc(-n2c(=O)[nH]c(=O)c3c(Nc4ccc(I)cc4F)n(C)c(=O)c(C)c32)c1. The van der Waals surface area contributed by atoms with Gasteiger partial charge in [-0.3, -0.25) is 23.7 Å². The van der Waals surface area contributed by atoms with Crippen LogP contribution < -0.4 is 26.8 Å². The molecular weight excluding hydrogens is 616 g/mol. The lowest BCUT2D eigenvalue weighted by molar-refractivity contribution is 0.582. The monoisotopic (exact) mass is 639 g/mol. The van der Waals surface area contributed by atoms with E-state index in [0.29, 0.717) is 14.8 Å². The molecule has 0 saturated carbocycles. The number of sulfonamides is 1. The lowest BCUT2D eigenvalue weighted by Crippen LogP contribution is -2.34. The average Bonchev–Trinajstić information content (AvgIpc) is 2.85. The molecule has 0 fully saturated rings. The Morgan fingerprint density at radius 1 is 1.11 bits per heavy atom. The molecule has 4 aromatic rings. The van der Waals surface area contributed by atoms with Crippen LogP contribution in [0.5, 0.6) is 0 Å². The van der Waals surface area contributed by atoms with Crippen molar-refractivity contribution in [1.82, 2.24) is 18.8 Å². The molecule has 0 aliphatic rings. The number of aromatic nitrogens is 3. The first-order chi connectivity index (χ1) is 17.4. The second-order valence-electron chi connectivity index (χ2n) is 8.30. The first-order valence-electron chi connectivity index (χ1n) is 11.1. The van der Waals surface area contributed by atoms with Crippen molar-refractivity contribution in [3.05, 3.63) is 94.2 Å². The Morgan fingerprint density at radius 3 is 2.51 bits per heavy atom. The molecule has 0 atom stereocenters. The summed E-state index contributed by atoms with van der Waals surface area (Å²) in [4.78, 5) is 41.6. The average molecular weight is 639 g/mol. The van der Waals surface area contributed by atoms with E-state index in [1.165, 1.54) is 42.2 Å². The quantitative estimate of drug-likeness (QED) is 0.266. The summed E-state index contributed by atoms with van der Waals surface area (Å²) < 4.78 is 43.9. The molecule has 0 aliphatic heterocycles. The molecule has 0 saturated heterocycles. The number of fused-ring (bicyclic) bond motifs is 1. The molecular formula is C24H23FIN5O5S. The van der Waals surface area contributed by atoms with E-state index in [1.807, 2.05) is 22.6 Å². The third-order valence-corrected chi connectivity index (χ3v) is 7.91. The molecule has 0 unspecified atom stereocenters. The van der Waals surface area contributed by atoms with Gasteiger partial charge in [0.2, 0.25) is 10.0 Å². The van der Waals surface area contributed by atoms with Crippen LogP contribution in [-0.4, -0.2) is 28.3 Å². The number of aromatic amines is 1. The van der Waals surface area contributed by atoms with Crippen molar-refractivity contribution in [1.29, 1.82) is 0 Å². The molecule has 2 heterocycles. The second-order valence-corrected chi connectivity index (χ2v) is 11.6. The van der Waals surface area contributed by atoms with Crippen LogP contribution in [0.2, 0.25) is 0 Å². The van der Waals surface area contributed by atoms with Gasteiger partial charge < -0.3 is 5.32 Å². The van der Waals surface area contributed by atoms with Crippen molar-refractivity contribution in [2.75, 3.05) is 11.1 Å². The van der Waals surface area contributed by atoms with E-state index >= 15 is 0 Å². The molecule has 194 valence electrons. The van der Waals surface area contributed by atoms with Gasteiger partial charge >= 0.3 is 5.69 Å². The van der Waals surface area contributed by atoms with Crippen molar-refractivity contribution in [3.63, 3.8) is 0 Å². The van der Waals surface area contributed by atoms with E-state index < -0.39 is 32.6 Å². The Hall–Kier alpha value is -3.30. The number of rotatable bonds is 7. The smallest absolute Gasteiger partial charge is 0.333 e. The van der Waals surface area contributed by atoms with E-state index in [2.05, 4.69) is 15.0 Å². The predicted molar refractivity (Wildman–Crippen MR) is 149 cm³/mol. The maximum atomic E-state index is 14.6. The molecule has 3 N–H and O–H groups in total. The number of halogens is 2. The third kappa shape index (κ3) is 5.24. The van der Waals surface area contributed by atoms with Crippen molar-refractivity contribution >= 4 is 55.0 Å². The Morgan fingerprint density at radius 2 is 1.84 bits per heavy atom. The van der Waals surface area contributed by atoms with Gasteiger partial charge in [0, 0.05) is 22.7 Å². The summed E-state index contributed by atoms with van der Waals surface area (Å²) in [6.07, 6.45) is 0. The van der Waals surface area contributed by atoms with E-state index in [1.54, 1.807) is 30.3 Å². The number of benzene rings is 2. The second kappa shape index (κ2) is 10.2. The highest BCUT2D eigenvalue weighted by Gasteiger charge is 2.21. The molecule has 0 bridgehead atoms. The van der Waals surface area contributed by atoms with Gasteiger partial charge in [-0.2, -0.15) is 0 Å². The predicted octanol–water partition coefficient (Wildman–Crippen LogP) is 2.61. The molecule has 37 heavy (non-hydrogen) atoms. The minimum Gasteiger partial charge on any atom is -0.338 e. The number of H-pyrrole nitrogens is 1. The Labute approximate surface area is 224 Å². The number of aryl methyl sites for hydroxylation is 1. The summed E-state index contributed by atoms with van der Waals surface area (Å²) in [5.41, 5.74) is -0.942. The molecule has 13 heteroatoms. The number of hydrogen-bond donors (Lipinski definition) is 3. The van der Waals surface area contributed by atoms with Crippen molar-refractivity contribution < 1.29 is 12.8 Å². The highest BCUT2D eigenvalue weighted by molar-refractivity contribution is 14.1. The minimum atomic E-state index is -3.45. The molecule has 0 aliphatic carbocycles. The van der Waals surface area contributed by atoms with E-state index in [4.69, 9.17) is 0 Å². The van der Waals surface area contributed by atoms with Gasteiger partial charge in [0.25, 0.3) is 11.1 Å². The molecule has 0 amide bonds. The zero-order valence-electron chi connectivity index (χ0n) is 20.1. The van der Waals surface area contributed by atoms with Crippen molar-refractivity contribution in [3.8, 4) is 5.69 Å². The standard InChI is InChI=1S/C24H23FIN5O5S/c1-4-37(35,36)27-12-14-6-5-7-16(10-14)31-20-13(2)23(33)30(3)21(19(20)22(32)29-24(31)34)28-18-9-8-15(26)11-17(18)25/h5-11,27-28H,4,12H2,1-3H3,(H,29,32,34). The summed E-state index contributed by atoms with van der Waals surface area (Å²) >= 11 is 1.96. The van der Waals surface area contributed by atoms with Crippen molar-refractivity contribution in [2.45, 2.75) is 20.4 Å². The summed E-state index contributed by atoms with van der Waals surface area (Å²) in [7, 11) is -2.01. The van der Waals surface area contributed by atoms with Crippen LogP contribution in [0, 0.1) is 16.3 Å². The number of anilines is 2. The topological polar surface area (TPSA) is 135 Å². The first kappa shape index (κ1) is 26.8. The van der Waals surface area contributed by atoms with E-state index in [9.17, 15) is 27.2 Å². The van der Waals surface area contributed by atoms with Gasteiger partial charge in [-0.25, -0.2) is 22.3 Å². The summed E-state index contributed by atoms with van der Waals surface area (Å²) in [6, 6.07) is 10.9. The van der Waals surface area contributed by atoms with Crippen LogP contribution >= 0.6 is 22.6 Å². The summed E-state index contributed by atoms with van der Waals surface area (Å²) in [5.74, 6) is -0.663. The maximum absolute atomic E-state index is 14.6. The van der Waals surface area contributed by atoms with Crippen LogP contribution in [0.4, 0.5) is 15.9 Å². The minimum absolute atomic E-state index is 0.00701. The van der Waals surface area contributed by atoms with Crippen molar-refractivity contribution in [2.24, 2.45) is 7.05 Å². The van der Waals surface area contributed by atoms with Crippen LogP contribution in [0.25, 0.3) is 16.6 Å². The third-order valence-electron chi connectivity index (χ3n) is 5.89. The summed E-state index contributed by atoms with van der Waals surface area (Å²) in [6.45, 7) is 3.00. The highest BCUT2D eigenvalue weighted by atomic mass is 127. The fraction of sp³-hybridized carbons (Fsp3) is 0.208. The highest BCUT2D eigenvalue weighted by Crippen LogP contribution is 2.27. The maximum Gasteiger partial charge on any atom is 0.333 e. The number of nitrogens with one attached hydrogen (secondary N) is 3. The van der Waals surface area contributed by atoms with Crippen LogP contribution in [0.15, 0.2) is 56.8 Å². The largest absolute Gasteiger partial charge is 0.338 e. The van der Waals surface area contributed by atoms with Gasteiger partial charge in [-0.1, -0.05) is 12.1 Å². The Balaban J connectivity index is 1.98. The zero-order valence-corrected chi connectivity index (χ0v) is 23.0. The molecule has 2 aromatic carbocycles. The number of pyridine rings is 1. The van der Waals surface area contributed by atoms with Gasteiger partial charge in [-0.15, -0.1) is 0 Å². The van der Waals surface area contributed by atoms with Crippen LogP contribution in [-0.2, 0) is 23.6 Å². The van der Waals surface area contributed by atoms with Gasteiger partial charge in [0.05, 0.1) is 22.6 Å². The summed E-state index contributed by atoms with van der Waals surface area (Å²) in [5, 5.41) is 2.83. The van der Waals surface area contributed by atoms with Crippen LogP contribution in [0.1, 0.15) is 18.1 Å². The molecule has 0 radical (unpaired) electrons.